The van der Waals surface area contributed by atoms with Crippen molar-refractivity contribution in [3.63, 3.8) is 0 Å². The first-order chi connectivity index (χ1) is 12.9. The Bertz CT molecular complexity index is 1050. The number of anilines is 1. The molecule has 0 saturated heterocycles. The minimum atomic E-state index is -0.618. The number of hydrogen-bond donors (Lipinski definition) is 2. The molecule has 8 heteroatoms. The molecule has 27 heavy (non-hydrogen) atoms. The molecule has 0 aliphatic heterocycles. The molecule has 0 aliphatic carbocycles. The molecule has 0 atom stereocenters. The normalized spacial score (nSPS) is 10.4. The summed E-state index contributed by atoms with van der Waals surface area (Å²) >= 11 is 5.04. The number of nitrogens with zero attached hydrogens (tertiary/aromatic N) is 1. The molecule has 0 radical (unpaired) electrons. The fraction of sp³-hybridized carbons (Fsp3) is 0.0526. The van der Waals surface area contributed by atoms with Crippen molar-refractivity contribution in [2.75, 3.05) is 5.32 Å². The van der Waals surface area contributed by atoms with Crippen molar-refractivity contribution in [2.24, 2.45) is 0 Å². The zero-order chi connectivity index (χ0) is 19.4. The molecule has 1 amide bonds. The number of rotatable bonds is 4. The number of benzene rings is 3. The van der Waals surface area contributed by atoms with Crippen LogP contribution in [-0.4, -0.2) is 15.9 Å². The molecule has 0 aromatic heterocycles. The van der Waals surface area contributed by atoms with Crippen LogP contribution in [0.3, 0.4) is 0 Å². The van der Waals surface area contributed by atoms with Gasteiger partial charge in [0.15, 0.2) is 5.11 Å². The van der Waals surface area contributed by atoms with Gasteiger partial charge in [0.25, 0.3) is 5.69 Å². The second-order valence-corrected chi connectivity index (χ2v) is 6.16. The van der Waals surface area contributed by atoms with Gasteiger partial charge < -0.3 is 15.7 Å². The van der Waals surface area contributed by atoms with Crippen molar-refractivity contribution >= 4 is 45.4 Å². The highest BCUT2D eigenvalue weighted by molar-refractivity contribution is 7.80. The van der Waals surface area contributed by atoms with Gasteiger partial charge in [0.05, 0.1) is 11.3 Å². The first kappa shape index (κ1) is 18.3. The van der Waals surface area contributed by atoms with Crippen molar-refractivity contribution in [2.45, 2.75) is 6.42 Å². The molecule has 0 heterocycles. The smallest absolute Gasteiger partial charge is 0.271 e. The summed E-state index contributed by atoms with van der Waals surface area (Å²) < 4.78 is 0. The van der Waals surface area contributed by atoms with Crippen molar-refractivity contribution in [1.82, 2.24) is 5.32 Å². The Kier molecular flexibility index (Phi) is 5.28. The van der Waals surface area contributed by atoms with Crippen molar-refractivity contribution in [3.05, 3.63) is 76.3 Å². The lowest BCUT2D eigenvalue weighted by Crippen LogP contribution is -2.35. The van der Waals surface area contributed by atoms with E-state index in [0.717, 1.165) is 34.5 Å². The van der Waals surface area contributed by atoms with Crippen LogP contribution in [-0.2, 0) is 11.2 Å². The molecule has 0 spiro atoms. The van der Waals surface area contributed by atoms with Crippen LogP contribution in [0.15, 0.2) is 60.7 Å². The van der Waals surface area contributed by atoms with Gasteiger partial charge in [-0.2, -0.15) is 0 Å². The molecular formula is C19H14N3O4S-. The minimum Gasteiger partial charge on any atom is -0.871 e. The zero-order valence-corrected chi connectivity index (χ0v) is 14.8. The Morgan fingerprint density at radius 1 is 1.07 bits per heavy atom. The van der Waals surface area contributed by atoms with Gasteiger partial charge in [-0.1, -0.05) is 54.3 Å². The molecule has 0 unspecified atom stereocenters. The number of carbonyl (C=O) groups is 1. The molecular weight excluding hydrogens is 366 g/mol. The highest BCUT2D eigenvalue weighted by atomic mass is 32.1. The highest BCUT2D eigenvalue weighted by Crippen LogP contribution is 2.25. The Hall–Kier alpha value is -3.52. The third-order valence-electron chi connectivity index (χ3n) is 3.91. The maximum absolute atomic E-state index is 12.3. The van der Waals surface area contributed by atoms with E-state index in [1.165, 1.54) is 0 Å². The van der Waals surface area contributed by atoms with Crippen molar-refractivity contribution < 1.29 is 14.8 Å². The fourth-order valence-electron chi connectivity index (χ4n) is 2.67. The first-order valence-corrected chi connectivity index (χ1v) is 8.38. The Balaban J connectivity index is 1.68. The molecule has 0 fully saturated rings. The summed E-state index contributed by atoms with van der Waals surface area (Å²) in [5, 5.41) is 29.5. The van der Waals surface area contributed by atoms with Gasteiger partial charge in [-0.3, -0.25) is 14.9 Å². The highest BCUT2D eigenvalue weighted by Gasteiger charge is 2.11. The van der Waals surface area contributed by atoms with Crippen LogP contribution in [0, 0.1) is 10.1 Å². The molecule has 136 valence electrons. The van der Waals surface area contributed by atoms with E-state index in [0.29, 0.717) is 0 Å². The summed E-state index contributed by atoms with van der Waals surface area (Å²) in [6.45, 7) is 0. The monoisotopic (exact) mass is 380 g/mol. The van der Waals surface area contributed by atoms with Gasteiger partial charge in [-0.25, -0.2) is 0 Å². The van der Waals surface area contributed by atoms with Gasteiger partial charge in [0.2, 0.25) is 5.91 Å². The molecule has 3 rings (SSSR count). The van der Waals surface area contributed by atoms with E-state index in [1.807, 2.05) is 42.5 Å². The fourth-order valence-corrected chi connectivity index (χ4v) is 2.90. The van der Waals surface area contributed by atoms with Gasteiger partial charge in [0.1, 0.15) is 0 Å². The van der Waals surface area contributed by atoms with E-state index in [2.05, 4.69) is 10.6 Å². The predicted molar refractivity (Wildman–Crippen MR) is 105 cm³/mol. The van der Waals surface area contributed by atoms with E-state index in [1.54, 1.807) is 0 Å². The molecule has 0 aliphatic rings. The van der Waals surface area contributed by atoms with Crippen LogP contribution in [0.25, 0.3) is 10.8 Å². The Morgan fingerprint density at radius 3 is 2.59 bits per heavy atom. The predicted octanol–water partition coefficient (Wildman–Crippen LogP) is 2.88. The molecule has 0 saturated carbocycles. The number of amides is 1. The first-order valence-electron chi connectivity index (χ1n) is 7.97. The summed E-state index contributed by atoms with van der Waals surface area (Å²) in [5.74, 6) is -0.826. The quantitative estimate of drug-likeness (QED) is 0.409. The average Bonchev–Trinajstić information content (AvgIpc) is 2.63. The van der Waals surface area contributed by atoms with Gasteiger partial charge >= 0.3 is 0 Å². The van der Waals surface area contributed by atoms with Crippen LogP contribution in [0.5, 0.6) is 5.75 Å². The minimum absolute atomic E-state index is 0.0698. The van der Waals surface area contributed by atoms with E-state index >= 15 is 0 Å². The summed E-state index contributed by atoms with van der Waals surface area (Å²) in [5.41, 5.74) is 0.523. The maximum Gasteiger partial charge on any atom is 0.271 e. The number of nitrogens with one attached hydrogen (secondary N) is 2. The van der Waals surface area contributed by atoms with Crippen molar-refractivity contribution in [1.29, 1.82) is 0 Å². The zero-order valence-electron chi connectivity index (χ0n) is 14.0. The number of nitro benzene ring substituents is 1. The van der Waals surface area contributed by atoms with Crippen LogP contribution in [0.4, 0.5) is 11.4 Å². The maximum atomic E-state index is 12.3. The topological polar surface area (TPSA) is 107 Å². The Labute approximate surface area is 159 Å². The number of non-ortho nitro benzene ring substituents is 1. The number of hydrogen-bond acceptors (Lipinski definition) is 5. The second-order valence-electron chi connectivity index (χ2n) is 5.75. The van der Waals surface area contributed by atoms with Crippen molar-refractivity contribution in [3.8, 4) is 5.75 Å². The van der Waals surface area contributed by atoms with Gasteiger partial charge in [-0.05, 0) is 28.6 Å². The van der Waals surface area contributed by atoms with Crippen LogP contribution >= 0.6 is 12.2 Å². The standard InChI is InChI=1S/C19H15N3O4S/c23-17-9-8-14(22(25)26)11-16(17)20-19(27)21-18(24)10-13-6-3-5-12-4-1-2-7-15(12)13/h1-9,11,23H,10H2,(H2,20,21,24,27)/p-1. The number of fused-ring (bicyclic) bond motifs is 1. The number of nitro groups is 1. The molecule has 2 N–H and O–H groups in total. The molecule has 3 aromatic carbocycles. The third-order valence-corrected chi connectivity index (χ3v) is 4.11. The second kappa shape index (κ2) is 7.79. The average molecular weight is 380 g/mol. The van der Waals surface area contributed by atoms with Crippen LogP contribution < -0.4 is 15.7 Å². The number of carbonyl (C=O) groups excluding carboxylic acids is 1. The lowest BCUT2D eigenvalue weighted by atomic mass is 10.0. The van der Waals surface area contributed by atoms with Crippen LogP contribution in [0.1, 0.15) is 5.56 Å². The largest absolute Gasteiger partial charge is 0.871 e. The van der Waals surface area contributed by atoms with E-state index in [4.69, 9.17) is 12.2 Å². The third kappa shape index (κ3) is 4.36. The van der Waals surface area contributed by atoms with E-state index < -0.39 is 10.7 Å². The lowest BCUT2D eigenvalue weighted by molar-refractivity contribution is -0.385. The van der Waals surface area contributed by atoms with E-state index in [9.17, 15) is 20.0 Å². The lowest BCUT2D eigenvalue weighted by Gasteiger charge is -2.16. The number of thiocarbonyl (C=S) groups is 1. The van der Waals surface area contributed by atoms with E-state index in [-0.39, 0.29) is 28.8 Å². The van der Waals surface area contributed by atoms with Crippen LogP contribution in [0.2, 0.25) is 0 Å². The SMILES string of the molecule is O=C(Cc1cccc2ccccc12)NC(=S)Nc1cc([N+](=O)[O-])ccc1[O-]. The summed E-state index contributed by atoms with van der Waals surface area (Å²) in [7, 11) is 0. The summed E-state index contributed by atoms with van der Waals surface area (Å²) in [6.07, 6.45) is 0.0995. The molecule has 3 aromatic rings. The summed E-state index contributed by atoms with van der Waals surface area (Å²) in [6, 6.07) is 16.6. The molecule has 7 nitrogen and oxygen atoms in total. The molecule has 0 bridgehead atoms. The Morgan fingerprint density at radius 2 is 1.81 bits per heavy atom. The summed E-state index contributed by atoms with van der Waals surface area (Å²) in [4.78, 5) is 22.5. The van der Waals surface area contributed by atoms with Gasteiger partial charge in [-0.15, -0.1) is 0 Å². The van der Waals surface area contributed by atoms with Gasteiger partial charge in [0, 0.05) is 17.8 Å².